The van der Waals surface area contributed by atoms with E-state index in [1.165, 1.54) is 0 Å². The van der Waals surface area contributed by atoms with Gasteiger partial charge < -0.3 is 15.7 Å². The number of benzene rings is 1. The minimum atomic E-state index is -0.112. The van der Waals surface area contributed by atoms with Gasteiger partial charge in [0, 0.05) is 23.4 Å². The molecule has 0 heterocycles. The molecule has 112 valence electrons. The zero-order chi connectivity index (χ0) is 15.1. The summed E-state index contributed by atoms with van der Waals surface area (Å²) in [4.78, 5) is 11.9. The summed E-state index contributed by atoms with van der Waals surface area (Å²) in [7, 11) is 0. The molecule has 4 nitrogen and oxygen atoms in total. The Labute approximate surface area is 125 Å². The van der Waals surface area contributed by atoms with E-state index >= 15 is 0 Å². The van der Waals surface area contributed by atoms with Crippen molar-refractivity contribution in [2.45, 2.75) is 33.2 Å². The molecule has 1 rings (SSSR count). The van der Waals surface area contributed by atoms with Gasteiger partial charge in [-0.2, -0.15) is 0 Å². The Balaban J connectivity index is 2.53. The van der Waals surface area contributed by atoms with Crippen LogP contribution in [0.15, 0.2) is 18.2 Å². The largest absolute Gasteiger partial charge is 0.396 e. The average molecular weight is 299 g/mol. The molecule has 1 atom stereocenters. The molecule has 1 unspecified atom stereocenters. The molecule has 0 aliphatic heterocycles. The van der Waals surface area contributed by atoms with Crippen molar-refractivity contribution in [1.82, 2.24) is 5.32 Å². The van der Waals surface area contributed by atoms with Gasteiger partial charge in [0.05, 0.1) is 6.54 Å². The number of aliphatic hydroxyl groups is 1. The maximum absolute atomic E-state index is 11.9. The number of carbonyl (C=O) groups is 1. The normalized spacial score (nSPS) is 12.5. The second kappa shape index (κ2) is 8.25. The van der Waals surface area contributed by atoms with E-state index in [0.29, 0.717) is 17.4 Å². The van der Waals surface area contributed by atoms with Crippen LogP contribution in [0.4, 0.5) is 5.69 Å². The van der Waals surface area contributed by atoms with Gasteiger partial charge >= 0.3 is 0 Å². The molecule has 0 aliphatic carbocycles. The molecule has 0 saturated heterocycles. The number of hydrogen-bond acceptors (Lipinski definition) is 3. The number of rotatable bonds is 7. The van der Waals surface area contributed by atoms with Crippen molar-refractivity contribution in [3.63, 3.8) is 0 Å². The van der Waals surface area contributed by atoms with Crippen LogP contribution in [0.5, 0.6) is 0 Å². The number of halogens is 1. The molecule has 1 aromatic carbocycles. The molecule has 0 spiro atoms. The second-order valence-electron chi connectivity index (χ2n) is 5.25. The van der Waals surface area contributed by atoms with Crippen LogP contribution in [-0.4, -0.2) is 30.2 Å². The first-order chi connectivity index (χ1) is 9.43. The van der Waals surface area contributed by atoms with Gasteiger partial charge in [-0.25, -0.2) is 0 Å². The summed E-state index contributed by atoms with van der Waals surface area (Å²) in [5.74, 6) is 0.252. The molecule has 0 radical (unpaired) electrons. The molecular weight excluding hydrogens is 276 g/mol. The zero-order valence-electron chi connectivity index (χ0n) is 12.2. The molecule has 0 fully saturated rings. The summed E-state index contributed by atoms with van der Waals surface area (Å²) in [5, 5.41) is 15.6. The highest BCUT2D eigenvalue weighted by molar-refractivity contribution is 6.31. The van der Waals surface area contributed by atoms with E-state index in [0.717, 1.165) is 11.3 Å². The fraction of sp³-hybridized carbons (Fsp3) is 0.533. The van der Waals surface area contributed by atoms with Crippen molar-refractivity contribution >= 4 is 23.2 Å². The number of nitrogens with one attached hydrogen (secondary N) is 2. The van der Waals surface area contributed by atoms with E-state index in [1.807, 2.05) is 13.0 Å². The fourth-order valence-corrected chi connectivity index (χ4v) is 2.13. The molecule has 3 N–H and O–H groups in total. The third-order valence-corrected chi connectivity index (χ3v) is 3.48. The smallest absolute Gasteiger partial charge is 0.238 e. The highest BCUT2D eigenvalue weighted by Crippen LogP contribution is 2.19. The standard InChI is InChI=1S/C15H23ClN2O2/c1-10(2)13(6-7-19)17-9-15(20)18-14-8-12(16)5-4-11(14)3/h4-5,8,10,13,17,19H,6-7,9H2,1-3H3,(H,18,20). The van der Waals surface area contributed by atoms with E-state index < -0.39 is 0 Å². The summed E-state index contributed by atoms with van der Waals surface area (Å²) in [5.41, 5.74) is 1.70. The lowest BCUT2D eigenvalue weighted by atomic mass is 10.0. The van der Waals surface area contributed by atoms with Crippen LogP contribution in [0.25, 0.3) is 0 Å². The lowest BCUT2D eigenvalue weighted by Crippen LogP contribution is -2.39. The minimum absolute atomic E-state index is 0.112. The van der Waals surface area contributed by atoms with Gasteiger partial charge in [-0.15, -0.1) is 0 Å². The number of anilines is 1. The monoisotopic (exact) mass is 298 g/mol. The summed E-state index contributed by atoms with van der Waals surface area (Å²) in [6.45, 7) is 6.38. The van der Waals surface area contributed by atoms with E-state index in [9.17, 15) is 4.79 Å². The van der Waals surface area contributed by atoms with Crippen LogP contribution >= 0.6 is 11.6 Å². The van der Waals surface area contributed by atoms with Crippen LogP contribution in [0.2, 0.25) is 5.02 Å². The third kappa shape index (κ3) is 5.49. The molecule has 1 aromatic rings. The van der Waals surface area contributed by atoms with Crippen molar-refractivity contribution in [1.29, 1.82) is 0 Å². The molecule has 5 heteroatoms. The highest BCUT2D eigenvalue weighted by Gasteiger charge is 2.14. The van der Waals surface area contributed by atoms with E-state index in [4.69, 9.17) is 16.7 Å². The van der Waals surface area contributed by atoms with Crippen molar-refractivity contribution < 1.29 is 9.90 Å². The van der Waals surface area contributed by atoms with Gasteiger partial charge in [0.15, 0.2) is 0 Å². The molecular formula is C15H23ClN2O2. The van der Waals surface area contributed by atoms with Crippen molar-refractivity contribution in [3.8, 4) is 0 Å². The van der Waals surface area contributed by atoms with Gasteiger partial charge in [-0.3, -0.25) is 4.79 Å². The Bertz CT molecular complexity index is 449. The molecule has 20 heavy (non-hydrogen) atoms. The Kier molecular flexibility index (Phi) is 6.99. The number of amides is 1. The first kappa shape index (κ1) is 17.0. The number of carbonyl (C=O) groups excluding carboxylic acids is 1. The summed E-state index contributed by atoms with van der Waals surface area (Å²) in [6, 6.07) is 5.53. The van der Waals surface area contributed by atoms with Gasteiger partial charge in [-0.1, -0.05) is 31.5 Å². The highest BCUT2D eigenvalue weighted by atomic mass is 35.5. The topological polar surface area (TPSA) is 61.4 Å². The number of aryl methyl sites for hydroxylation is 1. The van der Waals surface area contributed by atoms with Crippen LogP contribution in [0.1, 0.15) is 25.8 Å². The number of aliphatic hydroxyl groups excluding tert-OH is 1. The van der Waals surface area contributed by atoms with Crippen molar-refractivity contribution in [3.05, 3.63) is 28.8 Å². The van der Waals surface area contributed by atoms with Gasteiger partial charge in [0.25, 0.3) is 0 Å². The maximum Gasteiger partial charge on any atom is 0.238 e. The maximum atomic E-state index is 11.9. The van der Waals surface area contributed by atoms with Crippen LogP contribution in [-0.2, 0) is 4.79 Å². The lowest BCUT2D eigenvalue weighted by molar-refractivity contribution is -0.115. The van der Waals surface area contributed by atoms with Crippen LogP contribution in [0, 0.1) is 12.8 Å². The van der Waals surface area contributed by atoms with Gasteiger partial charge in [-0.05, 0) is 37.0 Å². The Morgan fingerprint density at radius 3 is 2.70 bits per heavy atom. The Morgan fingerprint density at radius 2 is 2.10 bits per heavy atom. The number of hydrogen-bond donors (Lipinski definition) is 3. The van der Waals surface area contributed by atoms with Crippen LogP contribution < -0.4 is 10.6 Å². The Morgan fingerprint density at radius 1 is 1.40 bits per heavy atom. The van der Waals surface area contributed by atoms with Crippen LogP contribution in [0.3, 0.4) is 0 Å². The van der Waals surface area contributed by atoms with Crippen molar-refractivity contribution in [2.75, 3.05) is 18.5 Å². The lowest BCUT2D eigenvalue weighted by Gasteiger charge is -2.21. The molecule has 0 bridgehead atoms. The second-order valence-corrected chi connectivity index (χ2v) is 5.69. The third-order valence-electron chi connectivity index (χ3n) is 3.24. The Hall–Kier alpha value is -1.10. The molecule has 0 aliphatic rings. The summed E-state index contributed by atoms with van der Waals surface area (Å²) < 4.78 is 0. The van der Waals surface area contributed by atoms with E-state index in [2.05, 4.69) is 24.5 Å². The molecule has 1 amide bonds. The summed E-state index contributed by atoms with van der Waals surface area (Å²) in [6.07, 6.45) is 0.640. The molecule has 0 saturated carbocycles. The van der Waals surface area contributed by atoms with Gasteiger partial charge in [0.2, 0.25) is 5.91 Å². The average Bonchev–Trinajstić information content (AvgIpc) is 2.38. The SMILES string of the molecule is Cc1ccc(Cl)cc1NC(=O)CNC(CCO)C(C)C. The zero-order valence-corrected chi connectivity index (χ0v) is 13.0. The van der Waals surface area contributed by atoms with E-state index in [-0.39, 0.29) is 25.1 Å². The van der Waals surface area contributed by atoms with E-state index in [1.54, 1.807) is 12.1 Å². The predicted molar refractivity (Wildman–Crippen MR) is 83.2 cm³/mol. The minimum Gasteiger partial charge on any atom is -0.396 e. The fourth-order valence-electron chi connectivity index (χ4n) is 1.96. The predicted octanol–water partition coefficient (Wildman–Crippen LogP) is 2.58. The van der Waals surface area contributed by atoms with Crippen molar-refractivity contribution in [2.24, 2.45) is 5.92 Å². The first-order valence-corrected chi connectivity index (χ1v) is 7.22. The van der Waals surface area contributed by atoms with Gasteiger partial charge in [0.1, 0.15) is 0 Å². The molecule has 0 aromatic heterocycles. The first-order valence-electron chi connectivity index (χ1n) is 6.84. The summed E-state index contributed by atoms with van der Waals surface area (Å²) >= 11 is 5.92. The quantitative estimate of drug-likeness (QED) is 0.725.